The van der Waals surface area contributed by atoms with E-state index in [4.69, 9.17) is 38.3 Å². The fourth-order valence-corrected chi connectivity index (χ4v) is 5.63. The van der Waals surface area contributed by atoms with Crippen LogP contribution >= 0.6 is 7.82 Å². The number of nitrogens with two attached hydrogens (primary N) is 1. The number of H-pyrrole nitrogens is 1. The van der Waals surface area contributed by atoms with Gasteiger partial charge in [0, 0.05) is 32.5 Å². The van der Waals surface area contributed by atoms with Crippen molar-refractivity contribution in [3.63, 3.8) is 0 Å². The van der Waals surface area contributed by atoms with Crippen molar-refractivity contribution in [2.75, 3.05) is 13.2 Å². The summed E-state index contributed by atoms with van der Waals surface area (Å²) in [7, 11) is -4.46. The van der Waals surface area contributed by atoms with E-state index >= 15 is 0 Å². The molecule has 7 atom stereocenters. The van der Waals surface area contributed by atoms with Crippen LogP contribution in [0.15, 0.2) is 21.9 Å². The lowest BCUT2D eigenvalue weighted by Crippen LogP contribution is -2.54. The predicted molar refractivity (Wildman–Crippen MR) is 129 cm³/mol. The zero-order valence-corrected chi connectivity index (χ0v) is 22.9. The van der Waals surface area contributed by atoms with Gasteiger partial charge in [0.1, 0.15) is 12.7 Å². The van der Waals surface area contributed by atoms with Crippen molar-refractivity contribution < 1.29 is 51.5 Å². The summed E-state index contributed by atoms with van der Waals surface area (Å²) in [5, 5.41) is 0. The maximum atomic E-state index is 13.6. The number of phosphoric acid groups is 1. The maximum absolute atomic E-state index is 13.6. The number of esters is 3. The van der Waals surface area contributed by atoms with Gasteiger partial charge in [0.2, 0.25) is 6.10 Å². The Labute approximate surface area is 222 Å². The molecule has 0 unspecified atom stereocenters. The first-order chi connectivity index (χ1) is 18.1. The van der Waals surface area contributed by atoms with Crippen LogP contribution in [0.3, 0.4) is 0 Å². The number of rotatable bonds is 9. The molecular formula is C22H32N3O13P. The first-order valence-electron chi connectivity index (χ1n) is 12.0. The summed E-state index contributed by atoms with van der Waals surface area (Å²) in [5.74, 6) is -2.75. The molecule has 218 valence electrons. The summed E-state index contributed by atoms with van der Waals surface area (Å²) < 4.78 is 52.3. The third-order valence-electron chi connectivity index (χ3n) is 5.71. The van der Waals surface area contributed by atoms with Gasteiger partial charge in [0.05, 0.1) is 24.4 Å². The van der Waals surface area contributed by atoms with Crippen molar-refractivity contribution in [1.29, 1.82) is 0 Å². The minimum atomic E-state index is -4.46. The van der Waals surface area contributed by atoms with Gasteiger partial charge in [-0.1, -0.05) is 0 Å². The summed E-state index contributed by atoms with van der Waals surface area (Å²) in [5.41, 5.74) is 3.63. The van der Waals surface area contributed by atoms with Gasteiger partial charge in [-0.05, 0) is 20.8 Å². The highest BCUT2D eigenvalue weighted by atomic mass is 31.2. The highest BCUT2D eigenvalue weighted by molar-refractivity contribution is 7.48. The van der Waals surface area contributed by atoms with Crippen LogP contribution in [0, 0.1) is 0 Å². The Hall–Kier alpha value is -2.88. The molecule has 0 amide bonds. The third kappa shape index (κ3) is 7.41. The monoisotopic (exact) mass is 577 g/mol. The standard InChI is InChI=1S/C22H32N3O13P/c1-11(2)34-19(29)17(36-13(4)27)15(35-12(3)26)10-33-39(31)32-9-7-14-18(38-39)22(5,23)20(37-14)25-8-6-16(28)24-21(25)30/h6,8,11,14-15,17-18,20H,7,9-10,23H2,1-5H3,(H,24,28,30)/t14-,15-,17+,18-,20-,22-,39-/m1/s1. The zero-order valence-electron chi connectivity index (χ0n) is 22.0. The predicted octanol–water partition coefficient (Wildman–Crippen LogP) is -0.103. The molecule has 3 N–H and O–H groups in total. The zero-order chi connectivity index (χ0) is 29.1. The van der Waals surface area contributed by atoms with Crippen molar-refractivity contribution in [3.8, 4) is 0 Å². The number of hydrogen-bond acceptors (Lipinski definition) is 14. The van der Waals surface area contributed by atoms with Gasteiger partial charge in [-0.2, -0.15) is 0 Å². The fourth-order valence-electron chi connectivity index (χ4n) is 4.14. The number of carbonyl (C=O) groups excluding carboxylic acids is 3. The number of aromatic amines is 1. The van der Waals surface area contributed by atoms with E-state index in [0.717, 1.165) is 24.5 Å². The van der Waals surface area contributed by atoms with Crippen LogP contribution in [-0.4, -0.2) is 76.7 Å². The third-order valence-corrected chi connectivity index (χ3v) is 7.16. The Morgan fingerprint density at radius 1 is 1.21 bits per heavy atom. The molecule has 3 heterocycles. The van der Waals surface area contributed by atoms with E-state index in [2.05, 4.69) is 4.98 Å². The van der Waals surface area contributed by atoms with Gasteiger partial charge in [0.15, 0.2) is 12.3 Å². The largest absolute Gasteiger partial charge is 0.475 e. The molecule has 1 aromatic rings. The number of phosphoric ester groups is 1. The quantitative estimate of drug-likeness (QED) is 0.223. The first-order valence-corrected chi connectivity index (χ1v) is 13.5. The molecule has 17 heteroatoms. The maximum Gasteiger partial charge on any atom is 0.475 e. The molecule has 0 bridgehead atoms. The average Bonchev–Trinajstić information content (AvgIpc) is 2.93. The van der Waals surface area contributed by atoms with Crippen LogP contribution in [0.1, 0.15) is 47.3 Å². The van der Waals surface area contributed by atoms with Crippen molar-refractivity contribution in [2.45, 2.75) is 83.3 Å². The van der Waals surface area contributed by atoms with Gasteiger partial charge >= 0.3 is 31.4 Å². The minimum Gasteiger partial charge on any atom is -0.460 e. The van der Waals surface area contributed by atoms with E-state index in [1.54, 1.807) is 13.8 Å². The number of aromatic nitrogens is 2. The number of hydrogen-bond donors (Lipinski definition) is 2. The molecule has 2 saturated heterocycles. The normalized spacial score (nSPS) is 30.1. The smallest absolute Gasteiger partial charge is 0.460 e. The summed E-state index contributed by atoms with van der Waals surface area (Å²) in [6, 6.07) is 1.12. The van der Waals surface area contributed by atoms with E-state index in [9.17, 15) is 28.5 Å². The summed E-state index contributed by atoms with van der Waals surface area (Å²) >= 11 is 0. The lowest BCUT2D eigenvalue weighted by Gasteiger charge is -2.32. The molecule has 16 nitrogen and oxygen atoms in total. The van der Waals surface area contributed by atoms with Gasteiger partial charge in [0.25, 0.3) is 5.56 Å². The molecule has 39 heavy (non-hydrogen) atoms. The average molecular weight is 577 g/mol. The Bertz CT molecular complexity index is 1240. The molecule has 2 aliphatic rings. The second-order valence-corrected chi connectivity index (χ2v) is 11.1. The topological polar surface area (TPSA) is 214 Å². The molecule has 0 radical (unpaired) electrons. The van der Waals surface area contributed by atoms with E-state index < -0.39 is 85.9 Å². The number of nitrogens with one attached hydrogen (secondary N) is 1. The van der Waals surface area contributed by atoms with E-state index in [0.29, 0.717) is 0 Å². The van der Waals surface area contributed by atoms with Gasteiger partial charge in [-0.3, -0.25) is 37.5 Å². The molecule has 0 aliphatic carbocycles. The highest BCUT2D eigenvalue weighted by Gasteiger charge is 2.57. The van der Waals surface area contributed by atoms with Crippen LogP contribution in [0.5, 0.6) is 0 Å². The van der Waals surface area contributed by atoms with Gasteiger partial charge in [-0.15, -0.1) is 0 Å². The van der Waals surface area contributed by atoms with Crippen LogP contribution in [0.2, 0.25) is 0 Å². The molecule has 0 saturated carbocycles. The van der Waals surface area contributed by atoms with Gasteiger partial charge < -0.3 is 24.7 Å². The fraction of sp³-hybridized carbons (Fsp3) is 0.682. The minimum absolute atomic E-state index is 0.142. The number of carbonyl (C=O) groups is 3. The second kappa shape index (κ2) is 12.1. The molecule has 2 aliphatic heterocycles. The molecule has 2 fully saturated rings. The molecular weight excluding hydrogens is 545 g/mol. The second-order valence-electron chi connectivity index (χ2n) is 9.46. The van der Waals surface area contributed by atoms with Crippen LogP contribution in [0.4, 0.5) is 0 Å². The van der Waals surface area contributed by atoms with E-state index in [1.165, 1.54) is 13.1 Å². The van der Waals surface area contributed by atoms with Crippen molar-refractivity contribution in [2.24, 2.45) is 5.73 Å². The lowest BCUT2D eigenvalue weighted by molar-refractivity contribution is -0.185. The lowest BCUT2D eigenvalue weighted by atomic mass is 9.92. The first kappa shape index (κ1) is 30.7. The number of fused-ring (bicyclic) bond motifs is 1. The highest BCUT2D eigenvalue weighted by Crippen LogP contribution is 2.57. The molecule has 1 aromatic heterocycles. The van der Waals surface area contributed by atoms with Crippen molar-refractivity contribution in [3.05, 3.63) is 33.1 Å². The van der Waals surface area contributed by atoms with Gasteiger partial charge in [-0.25, -0.2) is 14.2 Å². The van der Waals surface area contributed by atoms with E-state index in [-0.39, 0.29) is 13.0 Å². The Morgan fingerprint density at radius 2 is 1.87 bits per heavy atom. The molecule has 3 rings (SSSR count). The van der Waals surface area contributed by atoms with Crippen molar-refractivity contribution in [1.82, 2.24) is 9.55 Å². The Morgan fingerprint density at radius 3 is 2.46 bits per heavy atom. The molecule has 0 aromatic carbocycles. The Kier molecular flexibility index (Phi) is 9.51. The van der Waals surface area contributed by atoms with E-state index in [1.807, 2.05) is 0 Å². The SMILES string of the molecule is CC(=O)O[C@H](C(=O)OC(C)C)[C@@H](CO[P@@]1(=O)OCC[C@H]2O[C@@H](n3ccc(=O)[nH]c3=O)[C@](C)(N)[C@@H]2O1)OC(C)=O. The molecule has 0 spiro atoms. The summed E-state index contributed by atoms with van der Waals surface area (Å²) in [6.45, 7) is 5.76. The summed E-state index contributed by atoms with van der Waals surface area (Å²) in [4.78, 5) is 61.9. The number of ether oxygens (including phenoxy) is 4. The Balaban J connectivity index is 1.83. The van der Waals surface area contributed by atoms with Crippen LogP contribution in [-0.2, 0) is 51.5 Å². The number of nitrogens with zero attached hydrogens (tertiary/aromatic N) is 1. The summed E-state index contributed by atoms with van der Waals surface area (Å²) in [6.07, 6.45) is -5.59. The van der Waals surface area contributed by atoms with Crippen LogP contribution < -0.4 is 17.0 Å². The van der Waals surface area contributed by atoms with Crippen LogP contribution in [0.25, 0.3) is 0 Å². The van der Waals surface area contributed by atoms with Crippen molar-refractivity contribution >= 4 is 25.7 Å².